The molecule has 0 heterocycles. The summed E-state index contributed by atoms with van der Waals surface area (Å²) in [5.41, 5.74) is 0.515. The van der Waals surface area contributed by atoms with E-state index < -0.39 is 5.60 Å². The predicted octanol–water partition coefficient (Wildman–Crippen LogP) is 3.36. The van der Waals surface area contributed by atoms with E-state index in [1.54, 1.807) is 18.0 Å². The molecule has 0 aliphatic heterocycles. The zero-order valence-corrected chi connectivity index (χ0v) is 12.6. The van der Waals surface area contributed by atoms with Gasteiger partial charge in [-0.2, -0.15) is 0 Å². The lowest BCUT2D eigenvalue weighted by molar-refractivity contribution is 0.0290. The number of carbonyl (C=O) groups is 1. The van der Waals surface area contributed by atoms with Crippen LogP contribution in [0.15, 0.2) is 24.3 Å². The van der Waals surface area contributed by atoms with E-state index in [0.717, 1.165) is 12.0 Å². The predicted molar refractivity (Wildman–Crippen MR) is 77.8 cm³/mol. The average molecular weight is 277 g/mol. The van der Waals surface area contributed by atoms with E-state index in [-0.39, 0.29) is 6.09 Å². The van der Waals surface area contributed by atoms with Crippen molar-refractivity contribution in [2.75, 3.05) is 13.6 Å². The lowest BCUT2D eigenvalue weighted by Crippen LogP contribution is -2.35. The molecule has 2 unspecified atom stereocenters. The molecular weight excluding hydrogens is 254 g/mol. The van der Waals surface area contributed by atoms with E-state index in [2.05, 4.69) is 0 Å². The fourth-order valence-corrected chi connectivity index (χ4v) is 2.40. The molecule has 0 spiro atoms. The third-order valence-corrected chi connectivity index (χ3v) is 3.47. The minimum Gasteiger partial charge on any atom is -0.508 e. The third-order valence-electron chi connectivity index (χ3n) is 3.47. The number of para-hydroxylation sites is 1. The van der Waals surface area contributed by atoms with Crippen LogP contribution in [-0.4, -0.2) is 35.3 Å². The first kappa shape index (κ1) is 14.7. The Bertz CT molecular complexity index is 493. The summed E-state index contributed by atoms with van der Waals surface area (Å²) in [5, 5.41) is 9.83. The molecule has 4 nitrogen and oxygen atoms in total. The number of nitrogens with zero attached hydrogens (tertiary/aromatic N) is 1. The Kier molecular flexibility index (Phi) is 3.93. The summed E-state index contributed by atoms with van der Waals surface area (Å²) >= 11 is 0. The molecule has 1 aromatic rings. The lowest BCUT2D eigenvalue weighted by atomic mass is 10.1. The Labute approximate surface area is 120 Å². The number of phenols is 1. The zero-order valence-electron chi connectivity index (χ0n) is 12.6. The lowest BCUT2D eigenvalue weighted by Gasteiger charge is -2.24. The molecule has 1 aliphatic carbocycles. The van der Waals surface area contributed by atoms with Crippen molar-refractivity contribution in [3.8, 4) is 5.75 Å². The molecule has 0 saturated heterocycles. The van der Waals surface area contributed by atoms with Crippen molar-refractivity contribution >= 4 is 6.09 Å². The second-order valence-corrected chi connectivity index (χ2v) is 6.52. The molecular formula is C16H23NO3. The highest BCUT2D eigenvalue weighted by atomic mass is 16.6. The van der Waals surface area contributed by atoms with Crippen LogP contribution in [0.5, 0.6) is 5.75 Å². The van der Waals surface area contributed by atoms with Crippen LogP contribution in [0.4, 0.5) is 4.79 Å². The van der Waals surface area contributed by atoms with Crippen LogP contribution in [-0.2, 0) is 4.74 Å². The fourth-order valence-electron chi connectivity index (χ4n) is 2.40. The SMILES string of the molecule is CN(CC1CC1c1ccccc1O)C(=O)OC(C)(C)C. The standard InChI is InChI=1S/C16H23NO3/c1-16(2,3)20-15(19)17(4)10-11-9-13(11)12-7-5-6-8-14(12)18/h5-8,11,13,18H,9-10H2,1-4H3. The first-order valence-electron chi connectivity index (χ1n) is 7.00. The Morgan fingerprint density at radius 2 is 2.05 bits per heavy atom. The minimum atomic E-state index is -0.466. The van der Waals surface area contributed by atoms with E-state index >= 15 is 0 Å². The van der Waals surface area contributed by atoms with Gasteiger partial charge in [-0.1, -0.05) is 18.2 Å². The number of aromatic hydroxyl groups is 1. The van der Waals surface area contributed by atoms with Gasteiger partial charge in [-0.3, -0.25) is 0 Å². The summed E-state index contributed by atoms with van der Waals surface area (Å²) < 4.78 is 5.33. The summed E-state index contributed by atoms with van der Waals surface area (Å²) in [6.07, 6.45) is 0.713. The van der Waals surface area contributed by atoms with Gasteiger partial charge in [-0.05, 0) is 50.7 Å². The highest BCUT2D eigenvalue weighted by Gasteiger charge is 2.41. The molecule has 1 N–H and O–H groups in total. The Hall–Kier alpha value is -1.71. The minimum absolute atomic E-state index is 0.291. The van der Waals surface area contributed by atoms with Crippen molar-refractivity contribution in [1.29, 1.82) is 0 Å². The van der Waals surface area contributed by atoms with Gasteiger partial charge in [0.1, 0.15) is 11.4 Å². The van der Waals surface area contributed by atoms with Crippen LogP contribution in [0.2, 0.25) is 0 Å². The first-order chi connectivity index (χ1) is 9.28. The zero-order chi connectivity index (χ0) is 14.9. The highest BCUT2D eigenvalue weighted by molar-refractivity contribution is 5.67. The normalized spacial score (nSPS) is 21.4. The maximum absolute atomic E-state index is 11.9. The number of amides is 1. The molecule has 2 rings (SSSR count). The Morgan fingerprint density at radius 3 is 2.65 bits per heavy atom. The van der Waals surface area contributed by atoms with Gasteiger partial charge in [0, 0.05) is 13.6 Å². The van der Waals surface area contributed by atoms with Gasteiger partial charge in [-0.25, -0.2) is 4.79 Å². The molecule has 110 valence electrons. The summed E-state index contributed by atoms with van der Waals surface area (Å²) in [4.78, 5) is 13.5. The monoisotopic (exact) mass is 277 g/mol. The smallest absolute Gasteiger partial charge is 0.410 e. The number of hydrogen-bond acceptors (Lipinski definition) is 3. The summed E-state index contributed by atoms with van der Waals surface area (Å²) in [6.45, 7) is 6.25. The number of benzene rings is 1. The maximum Gasteiger partial charge on any atom is 0.410 e. The van der Waals surface area contributed by atoms with E-state index in [9.17, 15) is 9.90 Å². The second kappa shape index (κ2) is 5.35. The van der Waals surface area contributed by atoms with E-state index in [0.29, 0.717) is 24.1 Å². The van der Waals surface area contributed by atoms with Gasteiger partial charge in [0.2, 0.25) is 0 Å². The van der Waals surface area contributed by atoms with E-state index in [1.807, 2.05) is 39.0 Å². The molecule has 0 bridgehead atoms. The van der Waals surface area contributed by atoms with E-state index in [4.69, 9.17) is 4.74 Å². The van der Waals surface area contributed by atoms with Crippen molar-refractivity contribution in [2.45, 2.75) is 38.7 Å². The van der Waals surface area contributed by atoms with Crippen LogP contribution in [0.1, 0.15) is 38.7 Å². The molecule has 0 radical (unpaired) electrons. The van der Waals surface area contributed by atoms with Gasteiger partial charge < -0.3 is 14.7 Å². The molecule has 1 fully saturated rings. The van der Waals surface area contributed by atoms with Crippen molar-refractivity contribution in [1.82, 2.24) is 4.90 Å². The quantitative estimate of drug-likeness (QED) is 0.921. The number of rotatable bonds is 3. The van der Waals surface area contributed by atoms with Gasteiger partial charge in [0.25, 0.3) is 0 Å². The average Bonchev–Trinajstić information content (AvgIpc) is 3.06. The number of hydrogen-bond donors (Lipinski definition) is 1. The fraction of sp³-hybridized carbons (Fsp3) is 0.562. The molecule has 20 heavy (non-hydrogen) atoms. The molecule has 1 aliphatic rings. The third kappa shape index (κ3) is 3.65. The maximum atomic E-state index is 11.9. The van der Waals surface area contributed by atoms with Crippen LogP contribution in [0, 0.1) is 5.92 Å². The topological polar surface area (TPSA) is 49.8 Å². The first-order valence-corrected chi connectivity index (χ1v) is 7.00. The largest absolute Gasteiger partial charge is 0.508 e. The van der Waals surface area contributed by atoms with Gasteiger partial charge in [0.05, 0.1) is 0 Å². The van der Waals surface area contributed by atoms with Gasteiger partial charge >= 0.3 is 6.09 Å². The van der Waals surface area contributed by atoms with Crippen LogP contribution >= 0.6 is 0 Å². The number of phenolic OH excluding ortho intramolecular Hbond substituents is 1. The van der Waals surface area contributed by atoms with Crippen LogP contribution < -0.4 is 0 Å². The van der Waals surface area contributed by atoms with Crippen LogP contribution in [0.3, 0.4) is 0 Å². The van der Waals surface area contributed by atoms with E-state index in [1.165, 1.54) is 0 Å². The molecule has 0 aromatic heterocycles. The Morgan fingerprint density at radius 1 is 1.40 bits per heavy atom. The molecule has 4 heteroatoms. The molecule has 2 atom stereocenters. The van der Waals surface area contributed by atoms with Crippen LogP contribution in [0.25, 0.3) is 0 Å². The summed E-state index contributed by atoms with van der Waals surface area (Å²) in [6, 6.07) is 7.42. The van der Waals surface area contributed by atoms with Crippen molar-refractivity contribution in [2.24, 2.45) is 5.92 Å². The van der Waals surface area contributed by atoms with Gasteiger partial charge in [0.15, 0.2) is 0 Å². The molecule has 1 saturated carbocycles. The van der Waals surface area contributed by atoms with Crippen molar-refractivity contribution in [3.63, 3.8) is 0 Å². The highest BCUT2D eigenvalue weighted by Crippen LogP contribution is 2.50. The second-order valence-electron chi connectivity index (χ2n) is 6.52. The number of carbonyl (C=O) groups excluding carboxylic acids is 1. The Balaban J connectivity index is 1.88. The molecule has 1 aromatic carbocycles. The molecule has 1 amide bonds. The van der Waals surface area contributed by atoms with Gasteiger partial charge in [-0.15, -0.1) is 0 Å². The summed E-state index contributed by atoms with van der Waals surface area (Å²) in [5.74, 6) is 1.10. The van der Waals surface area contributed by atoms with Crippen molar-refractivity contribution < 1.29 is 14.6 Å². The summed E-state index contributed by atoms with van der Waals surface area (Å²) in [7, 11) is 1.76. The van der Waals surface area contributed by atoms with Crippen molar-refractivity contribution in [3.05, 3.63) is 29.8 Å². The number of ether oxygens (including phenoxy) is 1.